The first-order chi connectivity index (χ1) is 9.69. The van der Waals surface area contributed by atoms with Crippen molar-refractivity contribution in [2.24, 2.45) is 5.73 Å². The number of hydrogen-bond acceptors (Lipinski definition) is 3. The summed E-state index contributed by atoms with van der Waals surface area (Å²) >= 11 is 0. The van der Waals surface area contributed by atoms with E-state index in [0.717, 1.165) is 13.1 Å². The smallest absolute Gasteiger partial charge is 0.0726 e. The van der Waals surface area contributed by atoms with Gasteiger partial charge in [0.1, 0.15) is 0 Å². The van der Waals surface area contributed by atoms with Crippen LogP contribution in [0.2, 0.25) is 0 Å². The number of morpholine rings is 1. The van der Waals surface area contributed by atoms with Crippen molar-refractivity contribution < 1.29 is 4.74 Å². The van der Waals surface area contributed by atoms with Crippen molar-refractivity contribution in [1.29, 1.82) is 0 Å². The molecule has 0 aliphatic carbocycles. The van der Waals surface area contributed by atoms with Crippen molar-refractivity contribution in [2.75, 3.05) is 18.0 Å². The van der Waals surface area contributed by atoms with Crippen molar-refractivity contribution in [1.82, 2.24) is 0 Å². The Bertz CT molecular complexity index is 601. The SMILES string of the molecule is CC1CN(c2ccc(CN)c3ccccc23)CC(C)O1. The maximum Gasteiger partial charge on any atom is 0.0726 e. The molecule has 3 nitrogen and oxygen atoms in total. The van der Waals surface area contributed by atoms with Crippen molar-refractivity contribution >= 4 is 16.5 Å². The lowest BCUT2D eigenvalue weighted by atomic mass is 10.0. The Morgan fingerprint density at radius 3 is 2.35 bits per heavy atom. The molecule has 2 aromatic rings. The second-order valence-corrected chi connectivity index (χ2v) is 5.66. The largest absolute Gasteiger partial charge is 0.372 e. The Hall–Kier alpha value is -1.58. The molecule has 3 heteroatoms. The summed E-state index contributed by atoms with van der Waals surface area (Å²) in [5.74, 6) is 0. The summed E-state index contributed by atoms with van der Waals surface area (Å²) in [5, 5.41) is 2.55. The van der Waals surface area contributed by atoms with Gasteiger partial charge in [0.15, 0.2) is 0 Å². The fraction of sp³-hybridized carbons (Fsp3) is 0.412. The fourth-order valence-corrected chi connectivity index (χ4v) is 3.17. The Morgan fingerprint density at radius 1 is 1.05 bits per heavy atom. The average Bonchev–Trinajstić information content (AvgIpc) is 2.45. The van der Waals surface area contributed by atoms with Gasteiger partial charge in [-0.05, 0) is 30.9 Å². The van der Waals surface area contributed by atoms with Crippen LogP contribution in [0.5, 0.6) is 0 Å². The average molecular weight is 270 g/mol. The highest BCUT2D eigenvalue weighted by Gasteiger charge is 2.23. The second kappa shape index (κ2) is 5.43. The molecular formula is C17H22N2O. The number of fused-ring (bicyclic) bond motifs is 1. The van der Waals surface area contributed by atoms with Gasteiger partial charge in [-0.3, -0.25) is 0 Å². The third kappa shape index (κ3) is 2.39. The summed E-state index contributed by atoms with van der Waals surface area (Å²) in [6.07, 6.45) is 0.540. The Balaban J connectivity index is 2.08. The summed E-state index contributed by atoms with van der Waals surface area (Å²) < 4.78 is 5.83. The van der Waals surface area contributed by atoms with Gasteiger partial charge in [0.25, 0.3) is 0 Å². The van der Waals surface area contributed by atoms with E-state index in [9.17, 15) is 0 Å². The summed E-state index contributed by atoms with van der Waals surface area (Å²) in [7, 11) is 0. The van der Waals surface area contributed by atoms with E-state index in [-0.39, 0.29) is 12.2 Å². The predicted octanol–water partition coefficient (Wildman–Crippen LogP) is 2.91. The van der Waals surface area contributed by atoms with Crippen molar-refractivity contribution in [2.45, 2.75) is 32.6 Å². The lowest BCUT2D eigenvalue weighted by molar-refractivity contribution is -0.00513. The molecule has 0 saturated carbocycles. The van der Waals surface area contributed by atoms with E-state index in [2.05, 4.69) is 55.1 Å². The minimum Gasteiger partial charge on any atom is -0.372 e. The molecule has 2 N–H and O–H groups in total. The molecule has 2 aromatic carbocycles. The van der Waals surface area contributed by atoms with Crippen LogP contribution in [-0.2, 0) is 11.3 Å². The number of rotatable bonds is 2. The van der Waals surface area contributed by atoms with Gasteiger partial charge in [-0.25, -0.2) is 0 Å². The third-order valence-electron chi connectivity index (χ3n) is 3.97. The first-order valence-corrected chi connectivity index (χ1v) is 7.30. The monoisotopic (exact) mass is 270 g/mol. The molecule has 0 bridgehead atoms. The van der Waals surface area contributed by atoms with Gasteiger partial charge >= 0.3 is 0 Å². The molecular weight excluding hydrogens is 248 g/mol. The maximum atomic E-state index is 5.85. The van der Waals surface area contributed by atoms with Crippen LogP contribution in [-0.4, -0.2) is 25.3 Å². The van der Waals surface area contributed by atoms with E-state index in [4.69, 9.17) is 10.5 Å². The molecule has 1 heterocycles. The van der Waals surface area contributed by atoms with Crippen LogP contribution in [0, 0.1) is 0 Å². The highest BCUT2D eigenvalue weighted by Crippen LogP contribution is 2.31. The number of hydrogen-bond donors (Lipinski definition) is 1. The van der Waals surface area contributed by atoms with Crippen molar-refractivity contribution in [3.05, 3.63) is 42.0 Å². The Labute approximate surface area is 120 Å². The standard InChI is InChI=1S/C17H22N2O/c1-12-10-19(11-13(2)20-12)17-8-7-14(9-18)15-5-3-4-6-16(15)17/h3-8,12-13H,9-11,18H2,1-2H3. The lowest BCUT2D eigenvalue weighted by Gasteiger charge is -2.37. The minimum atomic E-state index is 0.270. The van der Waals surface area contributed by atoms with Crippen molar-refractivity contribution in [3.63, 3.8) is 0 Å². The minimum absolute atomic E-state index is 0.270. The van der Waals surface area contributed by atoms with E-state index in [1.807, 2.05) is 0 Å². The topological polar surface area (TPSA) is 38.5 Å². The summed E-state index contributed by atoms with van der Waals surface area (Å²) in [6.45, 7) is 6.74. The zero-order chi connectivity index (χ0) is 14.1. The first kappa shape index (κ1) is 13.4. The normalized spacial score (nSPS) is 23.2. The molecule has 1 aliphatic rings. The van der Waals surface area contributed by atoms with Crippen LogP contribution >= 0.6 is 0 Å². The lowest BCUT2D eigenvalue weighted by Crippen LogP contribution is -2.45. The maximum absolute atomic E-state index is 5.85. The quantitative estimate of drug-likeness (QED) is 0.912. The van der Waals surface area contributed by atoms with Crippen molar-refractivity contribution in [3.8, 4) is 0 Å². The third-order valence-corrected chi connectivity index (χ3v) is 3.97. The van der Waals surface area contributed by atoms with E-state index in [1.54, 1.807) is 0 Å². The first-order valence-electron chi connectivity index (χ1n) is 7.30. The van der Waals surface area contributed by atoms with Gasteiger partial charge in [-0.15, -0.1) is 0 Å². The van der Waals surface area contributed by atoms with E-state index in [0.29, 0.717) is 6.54 Å². The van der Waals surface area contributed by atoms with Crippen LogP contribution in [0.25, 0.3) is 10.8 Å². The molecule has 0 aromatic heterocycles. The molecule has 20 heavy (non-hydrogen) atoms. The zero-order valence-electron chi connectivity index (χ0n) is 12.2. The molecule has 106 valence electrons. The van der Waals surface area contributed by atoms with Crippen LogP contribution in [0.15, 0.2) is 36.4 Å². The summed E-state index contributed by atoms with van der Waals surface area (Å²) in [5.41, 5.74) is 8.35. The highest BCUT2D eigenvalue weighted by atomic mass is 16.5. The van der Waals surface area contributed by atoms with Gasteiger partial charge in [-0.2, -0.15) is 0 Å². The van der Waals surface area contributed by atoms with Crippen LogP contribution in [0.1, 0.15) is 19.4 Å². The molecule has 2 atom stereocenters. The molecule has 0 spiro atoms. The molecule has 3 rings (SSSR count). The summed E-state index contributed by atoms with van der Waals surface area (Å²) in [6, 6.07) is 12.9. The number of ether oxygens (including phenoxy) is 1. The predicted molar refractivity (Wildman–Crippen MR) is 84.1 cm³/mol. The Morgan fingerprint density at radius 2 is 1.70 bits per heavy atom. The number of nitrogens with two attached hydrogens (primary N) is 1. The number of nitrogens with zero attached hydrogens (tertiary/aromatic N) is 1. The molecule has 2 unspecified atom stereocenters. The molecule has 1 fully saturated rings. The molecule has 0 radical (unpaired) electrons. The van der Waals surface area contributed by atoms with Gasteiger partial charge in [0.2, 0.25) is 0 Å². The van der Waals surface area contributed by atoms with Gasteiger partial charge in [0.05, 0.1) is 12.2 Å². The van der Waals surface area contributed by atoms with Gasteiger partial charge in [0, 0.05) is 30.7 Å². The van der Waals surface area contributed by atoms with Crippen LogP contribution in [0.4, 0.5) is 5.69 Å². The fourth-order valence-electron chi connectivity index (χ4n) is 3.17. The summed E-state index contributed by atoms with van der Waals surface area (Å²) in [4.78, 5) is 2.43. The second-order valence-electron chi connectivity index (χ2n) is 5.66. The van der Waals surface area contributed by atoms with Crippen LogP contribution < -0.4 is 10.6 Å². The Kier molecular flexibility index (Phi) is 3.64. The molecule has 0 amide bonds. The van der Waals surface area contributed by atoms with Gasteiger partial charge < -0.3 is 15.4 Å². The molecule has 1 saturated heterocycles. The number of benzene rings is 2. The highest BCUT2D eigenvalue weighted by molar-refractivity contribution is 5.96. The van der Waals surface area contributed by atoms with E-state index in [1.165, 1.54) is 22.0 Å². The van der Waals surface area contributed by atoms with Crippen LogP contribution in [0.3, 0.4) is 0 Å². The zero-order valence-corrected chi connectivity index (χ0v) is 12.2. The van der Waals surface area contributed by atoms with Gasteiger partial charge in [-0.1, -0.05) is 30.3 Å². The van der Waals surface area contributed by atoms with E-state index >= 15 is 0 Å². The molecule has 1 aliphatic heterocycles. The number of anilines is 1. The van der Waals surface area contributed by atoms with E-state index < -0.39 is 0 Å².